The summed E-state index contributed by atoms with van der Waals surface area (Å²) < 4.78 is 0. The Morgan fingerprint density at radius 1 is 0.950 bits per heavy atom. The first-order valence-corrected chi connectivity index (χ1v) is 8.79. The van der Waals surface area contributed by atoms with E-state index in [2.05, 4.69) is 37.9 Å². The zero-order chi connectivity index (χ0) is 14.4. The van der Waals surface area contributed by atoms with Gasteiger partial charge in [0.25, 0.3) is 0 Å². The molecular weight excluding hydrogens is 244 g/mol. The molecular formula is C18H34N2. The van der Waals surface area contributed by atoms with Gasteiger partial charge in [0.15, 0.2) is 0 Å². The number of rotatable bonds is 1. The highest BCUT2D eigenvalue weighted by atomic mass is 15.2. The molecule has 1 spiro atoms. The topological polar surface area (TPSA) is 15.3 Å². The smallest absolute Gasteiger partial charge is 0.0309 e. The van der Waals surface area contributed by atoms with E-state index in [9.17, 15) is 0 Å². The van der Waals surface area contributed by atoms with Gasteiger partial charge < -0.3 is 5.32 Å². The van der Waals surface area contributed by atoms with Crippen molar-refractivity contribution in [2.75, 3.05) is 19.6 Å². The molecule has 0 bridgehead atoms. The summed E-state index contributed by atoms with van der Waals surface area (Å²) in [5, 5.41) is 3.86. The molecule has 1 aliphatic heterocycles. The van der Waals surface area contributed by atoms with Gasteiger partial charge in [-0.3, -0.25) is 4.90 Å². The molecule has 0 unspecified atom stereocenters. The molecule has 2 saturated carbocycles. The second-order valence-electron chi connectivity index (χ2n) is 9.45. The van der Waals surface area contributed by atoms with Crippen molar-refractivity contribution < 1.29 is 0 Å². The van der Waals surface area contributed by atoms with Crippen LogP contribution in [-0.2, 0) is 0 Å². The van der Waals surface area contributed by atoms with Gasteiger partial charge in [0.05, 0.1) is 0 Å². The van der Waals surface area contributed by atoms with Crippen molar-refractivity contribution in [1.29, 1.82) is 0 Å². The molecule has 0 aromatic rings. The Balaban J connectivity index is 1.71. The van der Waals surface area contributed by atoms with Gasteiger partial charge in [-0.1, -0.05) is 40.5 Å². The molecule has 0 aromatic heterocycles. The number of piperazine rings is 1. The highest BCUT2D eigenvalue weighted by Crippen LogP contribution is 2.47. The van der Waals surface area contributed by atoms with Crippen molar-refractivity contribution in [2.45, 2.75) is 84.2 Å². The molecule has 2 aliphatic carbocycles. The summed E-state index contributed by atoms with van der Waals surface area (Å²) in [6, 6.07) is 0.813. The van der Waals surface area contributed by atoms with E-state index in [4.69, 9.17) is 0 Å². The lowest BCUT2D eigenvalue weighted by Crippen LogP contribution is -2.62. The number of hydrogen-bond donors (Lipinski definition) is 1. The van der Waals surface area contributed by atoms with E-state index in [-0.39, 0.29) is 0 Å². The predicted molar refractivity (Wildman–Crippen MR) is 86.0 cm³/mol. The average molecular weight is 278 g/mol. The SMILES string of the molecule is CC1(C)CC(N2CCNC3(CCCC3)C2)CC(C)(C)C1. The van der Waals surface area contributed by atoms with Crippen molar-refractivity contribution in [3.8, 4) is 0 Å². The number of nitrogens with zero attached hydrogens (tertiary/aromatic N) is 1. The fourth-order valence-corrected chi connectivity index (χ4v) is 5.73. The molecule has 1 saturated heterocycles. The third kappa shape index (κ3) is 3.06. The molecule has 20 heavy (non-hydrogen) atoms. The first-order chi connectivity index (χ1) is 9.29. The van der Waals surface area contributed by atoms with E-state index in [1.54, 1.807) is 0 Å². The van der Waals surface area contributed by atoms with E-state index >= 15 is 0 Å². The van der Waals surface area contributed by atoms with Crippen LogP contribution in [0.4, 0.5) is 0 Å². The van der Waals surface area contributed by atoms with Crippen molar-refractivity contribution in [1.82, 2.24) is 10.2 Å². The lowest BCUT2D eigenvalue weighted by Gasteiger charge is -2.52. The van der Waals surface area contributed by atoms with E-state index in [1.807, 2.05) is 0 Å². The fraction of sp³-hybridized carbons (Fsp3) is 1.00. The third-order valence-corrected chi connectivity index (χ3v) is 6.02. The zero-order valence-corrected chi connectivity index (χ0v) is 14.1. The summed E-state index contributed by atoms with van der Waals surface area (Å²) in [4.78, 5) is 2.85. The monoisotopic (exact) mass is 278 g/mol. The van der Waals surface area contributed by atoms with Gasteiger partial charge in [-0.25, -0.2) is 0 Å². The maximum atomic E-state index is 3.86. The molecule has 0 amide bonds. The van der Waals surface area contributed by atoms with E-state index in [1.165, 1.54) is 64.6 Å². The summed E-state index contributed by atoms with van der Waals surface area (Å²) in [6.07, 6.45) is 9.85. The maximum Gasteiger partial charge on any atom is 0.0309 e. The highest BCUT2D eigenvalue weighted by molar-refractivity contribution is 5.02. The van der Waals surface area contributed by atoms with Crippen LogP contribution in [0.15, 0.2) is 0 Å². The van der Waals surface area contributed by atoms with Crippen LogP contribution in [-0.4, -0.2) is 36.1 Å². The molecule has 2 nitrogen and oxygen atoms in total. The molecule has 3 rings (SSSR count). The fourth-order valence-electron chi connectivity index (χ4n) is 5.73. The van der Waals surface area contributed by atoms with Gasteiger partial charge in [-0.2, -0.15) is 0 Å². The molecule has 2 heteroatoms. The van der Waals surface area contributed by atoms with Gasteiger partial charge in [-0.05, 0) is 42.9 Å². The normalized spacial score (nSPS) is 33.6. The van der Waals surface area contributed by atoms with Crippen molar-refractivity contribution >= 4 is 0 Å². The summed E-state index contributed by atoms with van der Waals surface area (Å²) in [5.74, 6) is 0. The number of hydrogen-bond acceptors (Lipinski definition) is 2. The Hall–Kier alpha value is -0.0800. The highest BCUT2D eigenvalue weighted by Gasteiger charge is 2.44. The van der Waals surface area contributed by atoms with Gasteiger partial charge in [0, 0.05) is 31.2 Å². The molecule has 1 N–H and O–H groups in total. The van der Waals surface area contributed by atoms with Gasteiger partial charge in [-0.15, -0.1) is 0 Å². The first kappa shape index (κ1) is 14.8. The molecule has 0 radical (unpaired) electrons. The molecule has 116 valence electrons. The van der Waals surface area contributed by atoms with Crippen molar-refractivity contribution in [3.05, 3.63) is 0 Å². The molecule has 3 aliphatic rings. The average Bonchev–Trinajstić information content (AvgIpc) is 2.73. The molecule has 1 heterocycles. The number of nitrogens with one attached hydrogen (secondary N) is 1. The van der Waals surface area contributed by atoms with Gasteiger partial charge in [0.2, 0.25) is 0 Å². The lowest BCUT2D eigenvalue weighted by molar-refractivity contribution is -0.00136. The quantitative estimate of drug-likeness (QED) is 0.784. The van der Waals surface area contributed by atoms with Crippen LogP contribution in [0.5, 0.6) is 0 Å². The third-order valence-electron chi connectivity index (χ3n) is 6.02. The van der Waals surface area contributed by atoms with Crippen LogP contribution < -0.4 is 5.32 Å². The lowest BCUT2D eigenvalue weighted by atomic mass is 9.63. The first-order valence-electron chi connectivity index (χ1n) is 8.79. The Morgan fingerprint density at radius 3 is 2.15 bits per heavy atom. The second kappa shape index (κ2) is 4.98. The molecule has 0 atom stereocenters. The van der Waals surface area contributed by atoms with Crippen LogP contribution in [0.1, 0.15) is 72.6 Å². The summed E-state index contributed by atoms with van der Waals surface area (Å²) in [5.41, 5.74) is 1.50. The summed E-state index contributed by atoms with van der Waals surface area (Å²) in [7, 11) is 0. The Kier molecular flexibility index (Phi) is 3.70. The zero-order valence-electron chi connectivity index (χ0n) is 14.1. The standard InChI is InChI=1S/C18H34N2/c1-16(2)11-15(12-17(3,4)13-16)20-10-9-19-18(14-20)7-5-6-8-18/h15,19H,5-14H2,1-4H3. The van der Waals surface area contributed by atoms with Gasteiger partial charge >= 0.3 is 0 Å². The van der Waals surface area contributed by atoms with Crippen molar-refractivity contribution in [2.24, 2.45) is 10.8 Å². The van der Waals surface area contributed by atoms with Gasteiger partial charge in [0.1, 0.15) is 0 Å². The van der Waals surface area contributed by atoms with Crippen LogP contribution in [0.2, 0.25) is 0 Å². The van der Waals surface area contributed by atoms with Crippen molar-refractivity contribution in [3.63, 3.8) is 0 Å². The molecule has 3 fully saturated rings. The second-order valence-corrected chi connectivity index (χ2v) is 9.45. The maximum absolute atomic E-state index is 3.86. The Bertz CT molecular complexity index is 336. The molecule has 0 aromatic carbocycles. The van der Waals surface area contributed by atoms with E-state index < -0.39 is 0 Å². The minimum Gasteiger partial charge on any atom is -0.309 e. The van der Waals surface area contributed by atoms with Crippen LogP contribution in [0, 0.1) is 10.8 Å². The van der Waals surface area contributed by atoms with Crippen LogP contribution in [0.25, 0.3) is 0 Å². The summed E-state index contributed by atoms with van der Waals surface area (Å²) in [6.45, 7) is 13.7. The van der Waals surface area contributed by atoms with Crippen LogP contribution in [0.3, 0.4) is 0 Å². The Labute approximate surface area is 125 Å². The summed E-state index contributed by atoms with van der Waals surface area (Å²) >= 11 is 0. The largest absolute Gasteiger partial charge is 0.309 e. The van der Waals surface area contributed by atoms with E-state index in [0.29, 0.717) is 16.4 Å². The Morgan fingerprint density at radius 2 is 1.55 bits per heavy atom. The minimum atomic E-state index is 0.476. The predicted octanol–water partition coefficient (Wildman–Crippen LogP) is 3.81. The van der Waals surface area contributed by atoms with Crippen LogP contribution >= 0.6 is 0 Å². The van der Waals surface area contributed by atoms with E-state index in [0.717, 1.165) is 6.04 Å². The minimum absolute atomic E-state index is 0.476.